The van der Waals surface area contributed by atoms with Crippen molar-refractivity contribution in [3.63, 3.8) is 0 Å². The second-order valence-corrected chi connectivity index (χ2v) is 3.78. The normalized spacial score (nSPS) is 10.3. The predicted octanol–water partition coefficient (Wildman–Crippen LogP) is 3.66. The molecule has 2 aromatic rings. The third kappa shape index (κ3) is 1.85. The zero-order chi connectivity index (χ0) is 10.8. The molecule has 15 heavy (non-hydrogen) atoms. The summed E-state index contributed by atoms with van der Waals surface area (Å²) < 4.78 is 19.1. The number of halogens is 2. The highest BCUT2D eigenvalue weighted by molar-refractivity contribution is 9.10. The van der Waals surface area contributed by atoms with Crippen LogP contribution in [0, 0.1) is 5.82 Å². The minimum Gasteiger partial charge on any atom is -0.453 e. The van der Waals surface area contributed by atoms with Crippen LogP contribution in [-0.2, 0) is 0 Å². The van der Waals surface area contributed by atoms with Gasteiger partial charge in [-0.2, -0.15) is 0 Å². The molecule has 2 nitrogen and oxygen atoms in total. The molecule has 0 N–H and O–H groups in total. The fourth-order valence-electron chi connectivity index (χ4n) is 1.26. The second kappa shape index (κ2) is 3.98. The number of carbonyl (C=O) groups excluding carboxylic acids is 1. The van der Waals surface area contributed by atoms with E-state index in [-0.39, 0.29) is 5.76 Å². The summed E-state index contributed by atoms with van der Waals surface area (Å²) in [6, 6.07) is 7.96. The van der Waals surface area contributed by atoms with E-state index in [0.29, 0.717) is 22.1 Å². The maximum absolute atomic E-state index is 13.6. The molecule has 76 valence electrons. The molecular formula is C11H6BrFO2. The van der Waals surface area contributed by atoms with E-state index in [0.717, 1.165) is 0 Å². The van der Waals surface area contributed by atoms with Crippen molar-refractivity contribution in [3.8, 4) is 11.3 Å². The Kier molecular flexibility index (Phi) is 2.68. The lowest BCUT2D eigenvalue weighted by Gasteiger charge is -2.00. The summed E-state index contributed by atoms with van der Waals surface area (Å²) in [4.78, 5) is 10.4. The first-order valence-electron chi connectivity index (χ1n) is 4.22. The Balaban J connectivity index is 2.53. The molecule has 1 aromatic heterocycles. The van der Waals surface area contributed by atoms with Crippen LogP contribution in [0.15, 0.2) is 39.2 Å². The predicted molar refractivity (Wildman–Crippen MR) is 57.2 cm³/mol. The maximum Gasteiger partial charge on any atom is 0.185 e. The molecule has 0 atom stereocenters. The lowest BCUT2D eigenvalue weighted by Crippen LogP contribution is -1.83. The van der Waals surface area contributed by atoms with E-state index in [1.54, 1.807) is 24.3 Å². The van der Waals surface area contributed by atoms with Crippen molar-refractivity contribution in [2.75, 3.05) is 0 Å². The average Bonchev–Trinajstić information content (AvgIpc) is 2.70. The molecule has 0 saturated heterocycles. The van der Waals surface area contributed by atoms with Crippen LogP contribution < -0.4 is 0 Å². The first-order chi connectivity index (χ1) is 7.22. The summed E-state index contributed by atoms with van der Waals surface area (Å²) in [7, 11) is 0. The molecular weight excluding hydrogens is 263 g/mol. The van der Waals surface area contributed by atoms with E-state index < -0.39 is 5.82 Å². The van der Waals surface area contributed by atoms with Gasteiger partial charge in [0, 0.05) is 0 Å². The average molecular weight is 269 g/mol. The smallest absolute Gasteiger partial charge is 0.185 e. The summed E-state index contributed by atoms with van der Waals surface area (Å²) in [5, 5.41) is 0. The van der Waals surface area contributed by atoms with Crippen LogP contribution in [0.2, 0.25) is 0 Å². The van der Waals surface area contributed by atoms with E-state index in [1.807, 2.05) is 0 Å². The second-order valence-electron chi connectivity index (χ2n) is 2.92. The van der Waals surface area contributed by atoms with Gasteiger partial charge in [-0.1, -0.05) is 6.07 Å². The Morgan fingerprint density at radius 2 is 2.07 bits per heavy atom. The number of hydrogen-bond acceptors (Lipinski definition) is 2. The van der Waals surface area contributed by atoms with Crippen molar-refractivity contribution in [3.05, 3.63) is 46.4 Å². The Labute approximate surface area is 93.8 Å². The van der Waals surface area contributed by atoms with Crippen LogP contribution in [0.4, 0.5) is 4.39 Å². The number of benzene rings is 1. The van der Waals surface area contributed by atoms with Crippen molar-refractivity contribution in [1.82, 2.24) is 0 Å². The van der Waals surface area contributed by atoms with Gasteiger partial charge in [-0.25, -0.2) is 4.39 Å². The molecule has 0 saturated carbocycles. The maximum atomic E-state index is 13.6. The van der Waals surface area contributed by atoms with Crippen LogP contribution >= 0.6 is 15.9 Å². The molecule has 0 radical (unpaired) electrons. The molecule has 4 heteroatoms. The highest BCUT2D eigenvalue weighted by Gasteiger charge is 2.11. The van der Waals surface area contributed by atoms with E-state index in [1.165, 1.54) is 6.07 Å². The Hall–Kier alpha value is -1.42. The van der Waals surface area contributed by atoms with Crippen molar-refractivity contribution in [2.24, 2.45) is 0 Å². The number of hydrogen-bond donors (Lipinski definition) is 0. The van der Waals surface area contributed by atoms with Gasteiger partial charge in [-0.15, -0.1) is 0 Å². The number of carbonyl (C=O) groups is 1. The lowest BCUT2D eigenvalue weighted by molar-refractivity contribution is 0.110. The molecule has 0 aliphatic carbocycles. The monoisotopic (exact) mass is 268 g/mol. The van der Waals surface area contributed by atoms with Crippen molar-refractivity contribution in [1.29, 1.82) is 0 Å². The van der Waals surface area contributed by atoms with Crippen molar-refractivity contribution < 1.29 is 13.6 Å². The summed E-state index contributed by atoms with van der Waals surface area (Å²) in [5.41, 5.74) is 0.331. The van der Waals surface area contributed by atoms with Crippen LogP contribution in [0.5, 0.6) is 0 Å². The number of furan rings is 1. The standard InChI is InChI=1S/C11H6BrFO2/c12-9-3-1-2-8(11(9)13)10-5-4-7(6-14)15-10/h1-6H. The van der Waals surface area contributed by atoms with Crippen LogP contribution in [-0.4, -0.2) is 6.29 Å². The Bertz CT molecular complexity index is 505. The number of rotatable bonds is 2. The van der Waals surface area contributed by atoms with Crippen LogP contribution in [0.3, 0.4) is 0 Å². The van der Waals surface area contributed by atoms with Gasteiger partial charge in [-0.05, 0) is 40.2 Å². The van der Waals surface area contributed by atoms with Gasteiger partial charge >= 0.3 is 0 Å². The summed E-state index contributed by atoms with van der Waals surface area (Å²) >= 11 is 3.08. The van der Waals surface area contributed by atoms with Crippen LogP contribution in [0.1, 0.15) is 10.6 Å². The molecule has 2 rings (SSSR count). The third-order valence-corrected chi connectivity index (χ3v) is 2.57. The highest BCUT2D eigenvalue weighted by atomic mass is 79.9. The van der Waals surface area contributed by atoms with Gasteiger partial charge in [0.25, 0.3) is 0 Å². The quantitative estimate of drug-likeness (QED) is 0.779. The Morgan fingerprint density at radius 3 is 2.73 bits per heavy atom. The molecule has 0 bridgehead atoms. The minimum absolute atomic E-state index is 0.185. The summed E-state index contributed by atoms with van der Waals surface area (Å²) in [6.07, 6.45) is 0.583. The van der Waals surface area contributed by atoms with Gasteiger partial charge in [0.15, 0.2) is 12.0 Å². The fraction of sp³-hybridized carbons (Fsp3) is 0. The minimum atomic E-state index is -0.399. The van der Waals surface area contributed by atoms with Crippen LogP contribution in [0.25, 0.3) is 11.3 Å². The number of aldehydes is 1. The largest absolute Gasteiger partial charge is 0.453 e. The topological polar surface area (TPSA) is 30.2 Å². The third-order valence-electron chi connectivity index (χ3n) is 1.96. The van der Waals surface area contributed by atoms with Crippen molar-refractivity contribution >= 4 is 22.2 Å². The molecule has 0 fully saturated rings. The molecule has 1 aromatic carbocycles. The molecule has 0 unspecified atom stereocenters. The molecule has 1 heterocycles. The molecule has 0 aliphatic rings. The van der Waals surface area contributed by atoms with Gasteiger partial charge in [-0.3, -0.25) is 4.79 Å². The SMILES string of the molecule is O=Cc1ccc(-c2cccc(Br)c2F)o1. The zero-order valence-corrected chi connectivity index (χ0v) is 9.12. The highest BCUT2D eigenvalue weighted by Crippen LogP contribution is 2.28. The summed E-state index contributed by atoms with van der Waals surface area (Å²) in [5.74, 6) is 0.129. The summed E-state index contributed by atoms with van der Waals surface area (Å²) in [6.45, 7) is 0. The molecule has 0 amide bonds. The van der Waals surface area contributed by atoms with Gasteiger partial charge < -0.3 is 4.42 Å². The van der Waals surface area contributed by atoms with E-state index in [9.17, 15) is 9.18 Å². The van der Waals surface area contributed by atoms with Gasteiger partial charge in [0.05, 0.1) is 10.0 Å². The fourth-order valence-corrected chi connectivity index (χ4v) is 1.62. The van der Waals surface area contributed by atoms with Crippen molar-refractivity contribution in [2.45, 2.75) is 0 Å². The van der Waals surface area contributed by atoms with Gasteiger partial charge in [0.1, 0.15) is 11.6 Å². The van der Waals surface area contributed by atoms with E-state index >= 15 is 0 Å². The lowest BCUT2D eigenvalue weighted by atomic mass is 10.1. The van der Waals surface area contributed by atoms with Gasteiger partial charge in [0.2, 0.25) is 0 Å². The first kappa shape index (κ1) is 10.1. The molecule has 0 spiro atoms. The molecule has 0 aliphatic heterocycles. The zero-order valence-electron chi connectivity index (χ0n) is 7.54. The van der Waals surface area contributed by atoms with E-state index in [4.69, 9.17) is 4.42 Å². The van der Waals surface area contributed by atoms with E-state index in [2.05, 4.69) is 15.9 Å². The Morgan fingerprint density at radius 1 is 1.27 bits per heavy atom. The first-order valence-corrected chi connectivity index (χ1v) is 5.01.